The Morgan fingerprint density at radius 3 is 2.44 bits per heavy atom. The third-order valence-corrected chi connectivity index (χ3v) is 5.75. The second-order valence-corrected chi connectivity index (χ2v) is 6.93. The predicted octanol–water partition coefficient (Wildman–Crippen LogP) is 4.01. The van der Waals surface area contributed by atoms with Crippen molar-refractivity contribution in [2.75, 3.05) is 25.8 Å². The van der Waals surface area contributed by atoms with Crippen LogP contribution in [0.1, 0.15) is 13.8 Å². The smallest absolute Gasteiger partial charge is 0.340 e. The van der Waals surface area contributed by atoms with Gasteiger partial charge in [0.1, 0.15) is 11.2 Å². The number of benzene rings is 1. The minimum absolute atomic E-state index is 0.307. The molecule has 1 rings (SSSR count). The first kappa shape index (κ1) is 15.6. The topological polar surface area (TPSA) is 44.8 Å². The van der Waals surface area contributed by atoms with E-state index in [1.807, 2.05) is 38.1 Å². The molecule has 4 nitrogen and oxygen atoms in total. The molecule has 6 heteroatoms. The molecule has 18 heavy (non-hydrogen) atoms. The summed E-state index contributed by atoms with van der Waals surface area (Å²) in [6, 6.07) is 7.60. The largest absolute Gasteiger partial charge is 0.497 e. The molecule has 0 aromatic heterocycles. The van der Waals surface area contributed by atoms with E-state index in [-0.39, 0.29) is 0 Å². The van der Waals surface area contributed by atoms with Gasteiger partial charge in [-0.05, 0) is 32.0 Å². The Hall–Kier alpha value is -0.480. The summed E-state index contributed by atoms with van der Waals surface area (Å²) >= 11 is 1.44. The van der Waals surface area contributed by atoms with E-state index in [1.165, 1.54) is 11.8 Å². The van der Waals surface area contributed by atoms with Gasteiger partial charge in [0.15, 0.2) is 0 Å². The average molecular weight is 290 g/mol. The van der Waals surface area contributed by atoms with E-state index in [2.05, 4.69) is 0 Å². The van der Waals surface area contributed by atoms with E-state index >= 15 is 0 Å². The molecule has 0 saturated carbocycles. The molecule has 0 amide bonds. The third kappa shape index (κ3) is 5.02. The van der Waals surface area contributed by atoms with E-state index in [1.54, 1.807) is 7.11 Å². The maximum atomic E-state index is 12.2. The highest BCUT2D eigenvalue weighted by atomic mass is 32.2. The summed E-state index contributed by atoms with van der Waals surface area (Å²) in [5, 5.41) is 0. The van der Waals surface area contributed by atoms with Gasteiger partial charge in [0.2, 0.25) is 0 Å². The normalized spacial score (nSPS) is 11.5. The van der Waals surface area contributed by atoms with E-state index < -0.39 is 7.60 Å². The maximum absolute atomic E-state index is 12.2. The molecule has 0 saturated heterocycles. The van der Waals surface area contributed by atoms with Gasteiger partial charge in [-0.2, -0.15) is 0 Å². The van der Waals surface area contributed by atoms with Crippen LogP contribution in [0.3, 0.4) is 0 Å². The number of rotatable bonds is 8. The second kappa shape index (κ2) is 7.85. The van der Waals surface area contributed by atoms with Crippen molar-refractivity contribution in [2.45, 2.75) is 18.7 Å². The Kier molecular flexibility index (Phi) is 6.79. The molecule has 0 atom stereocenters. The molecule has 1 aromatic carbocycles. The highest BCUT2D eigenvalue weighted by Crippen LogP contribution is 2.52. The van der Waals surface area contributed by atoms with E-state index in [0.717, 1.165) is 10.6 Å². The summed E-state index contributed by atoms with van der Waals surface area (Å²) in [4.78, 5) is 0.981. The molecule has 0 heterocycles. The van der Waals surface area contributed by atoms with Crippen molar-refractivity contribution in [3.8, 4) is 5.75 Å². The summed E-state index contributed by atoms with van der Waals surface area (Å²) in [6.45, 7) is 4.38. The van der Waals surface area contributed by atoms with Crippen molar-refractivity contribution >= 4 is 19.4 Å². The predicted molar refractivity (Wildman–Crippen MR) is 74.6 cm³/mol. The molecular formula is C12H19O4PS. The minimum Gasteiger partial charge on any atom is -0.497 e. The van der Waals surface area contributed by atoms with Crippen LogP contribution in [0, 0.1) is 0 Å². The van der Waals surface area contributed by atoms with Gasteiger partial charge in [-0.3, -0.25) is 4.57 Å². The number of thioether (sulfide) groups is 1. The fourth-order valence-electron chi connectivity index (χ4n) is 1.35. The second-order valence-electron chi connectivity index (χ2n) is 3.40. The van der Waals surface area contributed by atoms with E-state index in [9.17, 15) is 4.57 Å². The SMILES string of the molecule is CCOP(=O)(CSc1cccc(OC)c1)OCC. The molecule has 0 radical (unpaired) electrons. The average Bonchev–Trinajstić information content (AvgIpc) is 2.37. The zero-order chi connectivity index (χ0) is 13.4. The standard InChI is InChI=1S/C12H19O4PS/c1-4-15-17(13,16-5-2)10-18-12-8-6-7-11(9-12)14-3/h6-9H,4-5,10H2,1-3H3. The molecule has 0 fully saturated rings. The van der Waals surface area contributed by atoms with E-state index in [4.69, 9.17) is 13.8 Å². The lowest BCUT2D eigenvalue weighted by molar-refractivity contribution is 0.224. The number of ether oxygens (including phenoxy) is 1. The Labute approximate surface area is 113 Å². The Bertz CT molecular complexity index is 401. The summed E-state index contributed by atoms with van der Waals surface area (Å²) in [5.41, 5.74) is 0.307. The number of hydrogen-bond acceptors (Lipinski definition) is 5. The van der Waals surface area contributed by atoms with Gasteiger partial charge in [-0.1, -0.05) is 6.07 Å². The zero-order valence-electron chi connectivity index (χ0n) is 10.9. The molecule has 0 unspecified atom stereocenters. The maximum Gasteiger partial charge on any atom is 0.340 e. The summed E-state index contributed by atoms with van der Waals surface area (Å²) < 4.78 is 27.8. The Balaban J connectivity index is 2.63. The van der Waals surface area contributed by atoms with Crippen molar-refractivity contribution in [2.24, 2.45) is 0 Å². The van der Waals surface area contributed by atoms with Crippen LogP contribution in [0.5, 0.6) is 5.75 Å². The van der Waals surface area contributed by atoms with Gasteiger partial charge < -0.3 is 13.8 Å². The van der Waals surface area contributed by atoms with Crippen molar-refractivity contribution in [3.63, 3.8) is 0 Å². The molecule has 1 aromatic rings. The van der Waals surface area contributed by atoms with Crippen LogP contribution >= 0.6 is 19.4 Å². The summed E-state index contributed by atoms with van der Waals surface area (Å²) in [5.74, 6) is 0.780. The highest BCUT2D eigenvalue weighted by Gasteiger charge is 2.23. The molecule has 0 aliphatic rings. The van der Waals surface area contributed by atoms with E-state index in [0.29, 0.717) is 18.7 Å². The van der Waals surface area contributed by atoms with Crippen LogP contribution in [0.2, 0.25) is 0 Å². The Morgan fingerprint density at radius 2 is 1.89 bits per heavy atom. The van der Waals surface area contributed by atoms with Gasteiger partial charge in [0.05, 0.1) is 20.3 Å². The van der Waals surface area contributed by atoms with Crippen LogP contribution in [0.25, 0.3) is 0 Å². The van der Waals surface area contributed by atoms with Crippen LogP contribution < -0.4 is 4.74 Å². The van der Waals surface area contributed by atoms with Crippen LogP contribution in [-0.4, -0.2) is 25.8 Å². The molecule has 0 bridgehead atoms. The molecule has 102 valence electrons. The first-order chi connectivity index (χ1) is 8.63. The molecule has 0 aliphatic carbocycles. The first-order valence-corrected chi connectivity index (χ1v) is 8.50. The van der Waals surface area contributed by atoms with Crippen molar-refractivity contribution in [1.29, 1.82) is 0 Å². The lowest BCUT2D eigenvalue weighted by Crippen LogP contribution is -1.97. The zero-order valence-corrected chi connectivity index (χ0v) is 12.6. The molecular weight excluding hydrogens is 271 g/mol. The third-order valence-electron chi connectivity index (χ3n) is 2.08. The van der Waals surface area contributed by atoms with Crippen LogP contribution in [0.4, 0.5) is 0 Å². The minimum atomic E-state index is -2.99. The summed E-state index contributed by atoms with van der Waals surface area (Å²) in [7, 11) is -1.37. The molecule has 0 aliphatic heterocycles. The van der Waals surface area contributed by atoms with Gasteiger partial charge >= 0.3 is 7.60 Å². The van der Waals surface area contributed by atoms with Crippen molar-refractivity contribution in [1.82, 2.24) is 0 Å². The molecule has 0 N–H and O–H groups in total. The van der Waals surface area contributed by atoms with Crippen LogP contribution in [0.15, 0.2) is 29.2 Å². The number of hydrogen-bond donors (Lipinski definition) is 0. The van der Waals surface area contributed by atoms with Crippen molar-refractivity contribution < 1.29 is 18.3 Å². The van der Waals surface area contributed by atoms with Gasteiger partial charge in [0.25, 0.3) is 0 Å². The fourth-order valence-corrected chi connectivity index (χ4v) is 4.41. The van der Waals surface area contributed by atoms with Gasteiger partial charge in [-0.25, -0.2) is 0 Å². The lowest BCUT2D eigenvalue weighted by Gasteiger charge is -2.16. The monoisotopic (exact) mass is 290 g/mol. The fraction of sp³-hybridized carbons (Fsp3) is 0.500. The first-order valence-electron chi connectivity index (χ1n) is 5.78. The van der Waals surface area contributed by atoms with Crippen molar-refractivity contribution in [3.05, 3.63) is 24.3 Å². The lowest BCUT2D eigenvalue weighted by atomic mass is 10.3. The Morgan fingerprint density at radius 1 is 1.22 bits per heavy atom. The number of methoxy groups -OCH3 is 1. The molecule has 0 spiro atoms. The highest BCUT2D eigenvalue weighted by molar-refractivity contribution is 8.04. The van der Waals surface area contributed by atoms with Gasteiger partial charge in [-0.15, -0.1) is 11.8 Å². The quantitative estimate of drug-likeness (QED) is 0.534. The summed E-state index contributed by atoms with van der Waals surface area (Å²) in [6.07, 6.45) is 0. The van der Waals surface area contributed by atoms with Gasteiger partial charge in [0, 0.05) is 4.90 Å². The van der Waals surface area contributed by atoms with Crippen LogP contribution in [-0.2, 0) is 13.6 Å².